The summed E-state index contributed by atoms with van der Waals surface area (Å²) >= 11 is 0. The Balaban J connectivity index is 0.000000254. The number of carbonyl (C=O) groups excluding carboxylic acids is 1. The SMILES string of the molecule is CCCCCOC(=O)c1ccccc1.N#Cc1ccc(O)cc1F. The summed E-state index contributed by atoms with van der Waals surface area (Å²) < 4.78 is 17.6. The van der Waals surface area contributed by atoms with Gasteiger partial charge in [-0.05, 0) is 30.7 Å². The molecule has 0 aromatic heterocycles. The molecule has 0 aliphatic heterocycles. The molecule has 0 unspecified atom stereocenters. The van der Waals surface area contributed by atoms with Crippen LogP contribution in [0.25, 0.3) is 0 Å². The van der Waals surface area contributed by atoms with E-state index >= 15 is 0 Å². The molecule has 126 valence electrons. The first-order chi connectivity index (χ1) is 11.6. The van der Waals surface area contributed by atoms with E-state index in [-0.39, 0.29) is 17.3 Å². The molecular weight excluding hydrogens is 309 g/mol. The number of phenols is 1. The van der Waals surface area contributed by atoms with Gasteiger partial charge in [-0.3, -0.25) is 0 Å². The Kier molecular flexibility index (Phi) is 8.62. The van der Waals surface area contributed by atoms with Gasteiger partial charge < -0.3 is 9.84 Å². The fourth-order valence-corrected chi connectivity index (χ4v) is 1.77. The molecule has 4 nitrogen and oxygen atoms in total. The second-order valence-electron chi connectivity index (χ2n) is 4.99. The molecule has 0 amide bonds. The van der Waals surface area contributed by atoms with Gasteiger partial charge in [0.15, 0.2) is 0 Å². The van der Waals surface area contributed by atoms with E-state index in [2.05, 4.69) is 6.92 Å². The van der Waals surface area contributed by atoms with Gasteiger partial charge in [-0.2, -0.15) is 5.26 Å². The third kappa shape index (κ3) is 6.93. The normalized spacial score (nSPS) is 9.38. The van der Waals surface area contributed by atoms with Crippen molar-refractivity contribution >= 4 is 5.97 Å². The molecule has 5 heteroatoms. The fraction of sp³-hybridized carbons (Fsp3) is 0.263. The molecule has 2 rings (SSSR count). The lowest BCUT2D eigenvalue weighted by atomic mass is 10.2. The van der Waals surface area contributed by atoms with Crippen LogP contribution in [0.5, 0.6) is 5.75 Å². The van der Waals surface area contributed by atoms with E-state index in [4.69, 9.17) is 15.1 Å². The van der Waals surface area contributed by atoms with Crippen molar-refractivity contribution in [1.29, 1.82) is 5.26 Å². The summed E-state index contributed by atoms with van der Waals surface area (Å²) in [6.45, 7) is 2.65. The van der Waals surface area contributed by atoms with E-state index in [1.165, 1.54) is 12.1 Å². The largest absolute Gasteiger partial charge is 0.508 e. The van der Waals surface area contributed by atoms with E-state index in [1.54, 1.807) is 18.2 Å². The fourth-order valence-electron chi connectivity index (χ4n) is 1.77. The van der Waals surface area contributed by atoms with Gasteiger partial charge in [0.25, 0.3) is 0 Å². The van der Waals surface area contributed by atoms with Crippen LogP contribution in [0.2, 0.25) is 0 Å². The van der Waals surface area contributed by atoms with E-state index < -0.39 is 5.82 Å². The van der Waals surface area contributed by atoms with E-state index in [0.29, 0.717) is 12.2 Å². The second-order valence-corrected chi connectivity index (χ2v) is 4.99. The summed E-state index contributed by atoms with van der Waals surface area (Å²) in [6, 6.07) is 14.1. The number of unbranched alkanes of at least 4 members (excludes halogenated alkanes) is 2. The van der Waals surface area contributed by atoms with Crippen molar-refractivity contribution in [3.63, 3.8) is 0 Å². The van der Waals surface area contributed by atoms with Gasteiger partial charge in [0.05, 0.1) is 17.7 Å². The number of halogens is 1. The highest BCUT2D eigenvalue weighted by molar-refractivity contribution is 5.89. The van der Waals surface area contributed by atoms with Crippen molar-refractivity contribution in [3.05, 3.63) is 65.5 Å². The average Bonchev–Trinajstić information content (AvgIpc) is 2.60. The lowest BCUT2D eigenvalue weighted by Crippen LogP contribution is -2.05. The molecule has 0 heterocycles. The number of nitrogens with zero attached hydrogens (tertiary/aromatic N) is 1. The summed E-state index contributed by atoms with van der Waals surface area (Å²) in [5.74, 6) is -1.08. The van der Waals surface area contributed by atoms with Crippen LogP contribution in [-0.2, 0) is 4.74 Å². The number of carbonyl (C=O) groups is 1. The van der Waals surface area contributed by atoms with Gasteiger partial charge in [0, 0.05) is 6.07 Å². The number of rotatable bonds is 5. The second kappa shape index (κ2) is 10.8. The Bertz CT molecular complexity index is 681. The lowest BCUT2D eigenvalue weighted by molar-refractivity contribution is 0.0498. The molecule has 0 saturated heterocycles. The number of benzene rings is 2. The van der Waals surface area contributed by atoms with Crippen molar-refractivity contribution < 1.29 is 19.0 Å². The van der Waals surface area contributed by atoms with Crippen LogP contribution in [0.4, 0.5) is 4.39 Å². The topological polar surface area (TPSA) is 70.3 Å². The molecule has 0 bridgehead atoms. The first kappa shape index (κ1) is 19.2. The monoisotopic (exact) mass is 329 g/mol. The van der Waals surface area contributed by atoms with Gasteiger partial charge in [0.1, 0.15) is 17.6 Å². The number of ether oxygens (including phenoxy) is 1. The van der Waals surface area contributed by atoms with Crippen LogP contribution in [0.1, 0.15) is 42.1 Å². The molecule has 0 atom stereocenters. The zero-order valence-electron chi connectivity index (χ0n) is 13.5. The Morgan fingerprint density at radius 1 is 1.21 bits per heavy atom. The van der Waals surface area contributed by atoms with Crippen LogP contribution >= 0.6 is 0 Å². The van der Waals surface area contributed by atoms with Crippen molar-refractivity contribution in [3.8, 4) is 11.8 Å². The van der Waals surface area contributed by atoms with E-state index in [9.17, 15) is 9.18 Å². The maximum atomic E-state index is 12.5. The quantitative estimate of drug-likeness (QED) is 0.650. The van der Waals surface area contributed by atoms with Crippen molar-refractivity contribution in [2.24, 2.45) is 0 Å². The average molecular weight is 329 g/mol. The number of aromatic hydroxyl groups is 1. The van der Waals surface area contributed by atoms with Crippen molar-refractivity contribution in [2.75, 3.05) is 6.61 Å². The highest BCUT2D eigenvalue weighted by atomic mass is 19.1. The maximum Gasteiger partial charge on any atom is 0.338 e. The van der Waals surface area contributed by atoms with Crippen LogP contribution in [-0.4, -0.2) is 17.7 Å². The van der Waals surface area contributed by atoms with Crippen molar-refractivity contribution in [1.82, 2.24) is 0 Å². The number of hydrogen-bond donors (Lipinski definition) is 1. The van der Waals surface area contributed by atoms with Gasteiger partial charge in [-0.15, -0.1) is 0 Å². The molecule has 0 saturated carbocycles. The third-order valence-corrected chi connectivity index (χ3v) is 3.06. The van der Waals surface area contributed by atoms with Crippen LogP contribution < -0.4 is 0 Å². The predicted molar refractivity (Wildman–Crippen MR) is 89.0 cm³/mol. The summed E-state index contributed by atoms with van der Waals surface area (Å²) in [6.07, 6.45) is 3.21. The zero-order valence-corrected chi connectivity index (χ0v) is 13.5. The van der Waals surface area contributed by atoms with Gasteiger partial charge in [-0.25, -0.2) is 9.18 Å². The van der Waals surface area contributed by atoms with Crippen LogP contribution in [0.15, 0.2) is 48.5 Å². The minimum atomic E-state index is -0.692. The van der Waals surface area contributed by atoms with Crippen LogP contribution in [0.3, 0.4) is 0 Å². The third-order valence-electron chi connectivity index (χ3n) is 3.06. The molecule has 0 aliphatic rings. The highest BCUT2D eigenvalue weighted by Crippen LogP contribution is 2.13. The molecule has 0 fully saturated rings. The van der Waals surface area contributed by atoms with Gasteiger partial charge in [-0.1, -0.05) is 38.0 Å². The Hall–Kier alpha value is -2.87. The lowest BCUT2D eigenvalue weighted by Gasteiger charge is -2.03. The first-order valence-corrected chi connectivity index (χ1v) is 7.69. The number of esters is 1. The summed E-state index contributed by atoms with van der Waals surface area (Å²) in [4.78, 5) is 11.4. The molecule has 2 aromatic carbocycles. The summed E-state index contributed by atoms with van der Waals surface area (Å²) in [5.41, 5.74) is 0.571. The molecule has 1 N–H and O–H groups in total. The van der Waals surface area contributed by atoms with Gasteiger partial charge >= 0.3 is 5.97 Å². The number of nitriles is 1. The van der Waals surface area contributed by atoms with Crippen LogP contribution in [0, 0.1) is 17.1 Å². The Morgan fingerprint density at radius 3 is 2.50 bits per heavy atom. The smallest absolute Gasteiger partial charge is 0.338 e. The molecular formula is C19H20FNO3. The Morgan fingerprint density at radius 2 is 1.92 bits per heavy atom. The number of phenolic OH excluding ortho intramolecular Hbond substituents is 1. The maximum absolute atomic E-state index is 12.5. The van der Waals surface area contributed by atoms with Gasteiger partial charge in [0.2, 0.25) is 0 Å². The first-order valence-electron chi connectivity index (χ1n) is 7.69. The molecule has 2 aromatic rings. The molecule has 0 radical (unpaired) electrons. The summed E-state index contributed by atoms with van der Waals surface area (Å²) in [5, 5.41) is 16.9. The van der Waals surface area contributed by atoms with E-state index in [1.807, 2.05) is 18.2 Å². The number of hydrogen-bond acceptors (Lipinski definition) is 4. The zero-order chi connectivity index (χ0) is 17.8. The highest BCUT2D eigenvalue weighted by Gasteiger charge is 2.04. The van der Waals surface area contributed by atoms with Crippen molar-refractivity contribution in [2.45, 2.75) is 26.2 Å². The Labute approximate surface area is 141 Å². The molecule has 0 spiro atoms. The molecule has 24 heavy (non-hydrogen) atoms. The summed E-state index contributed by atoms with van der Waals surface area (Å²) in [7, 11) is 0. The molecule has 0 aliphatic carbocycles. The standard InChI is InChI=1S/C12H16O2.C7H4FNO/c1-2-3-7-10-14-12(13)11-8-5-4-6-9-11;8-7-3-6(10)2-1-5(7)4-9/h4-6,8-9H,2-3,7,10H2,1H3;1-3,10H. The van der Waals surface area contributed by atoms with E-state index in [0.717, 1.165) is 25.3 Å². The predicted octanol–water partition coefficient (Wildman–Crippen LogP) is 4.44. The minimum absolute atomic E-state index is 0.0576. The minimum Gasteiger partial charge on any atom is -0.508 e.